The smallest absolute Gasteiger partial charge is 0.316 e. The Labute approximate surface area is 1290 Å². The number of para-hydroxylation sites is 2. The van der Waals surface area contributed by atoms with Crippen LogP contribution >= 0.6 is 15.9 Å². The molecule has 4 aromatic rings. The van der Waals surface area contributed by atoms with E-state index in [0.717, 1.165) is 31.1 Å². The largest absolute Gasteiger partial charge is 0.373 e. The van der Waals surface area contributed by atoms with Crippen molar-refractivity contribution in [2.45, 2.75) is 91.1 Å². The van der Waals surface area contributed by atoms with Gasteiger partial charge in [0.25, 0.3) is 0 Å². The summed E-state index contributed by atoms with van der Waals surface area (Å²) in [6.45, 7) is 12.6. The fourth-order valence-electron chi connectivity index (χ4n) is 10.7. The molecular weight excluding hydrogens is 3480 g/mol. The van der Waals surface area contributed by atoms with Crippen molar-refractivity contribution in [2.24, 2.45) is 10.8 Å². The third-order valence-corrected chi connectivity index (χ3v) is 13.0. The van der Waals surface area contributed by atoms with Crippen molar-refractivity contribution in [1.29, 1.82) is 5.26 Å². The minimum Gasteiger partial charge on any atom is -0.316 e. The second kappa shape index (κ2) is 185. The predicted octanol–water partition coefficient (Wildman–Crippen LogP) is 8.77. The van der Waals surface area contributed by atoms with Gasteiger partial charge in [-0.15, -0.1) is 0 Å². The number of halogens is 1. The molecule has 9 nitrogen and oxygen atoms in total. The van der Waals surface area contributed by atoms with Crippen LogP contribution in [0, 0.1) is 22.3 Å². The molecule has 4 atom stereocenters. The summed E-state index contributed by atoms with van der Waals surface area (Å²) in [6, 6.07) is 18.5. The number of nitrogens with zero attached hydrogens (tertiary/aromatic N) is 5. The minimum absolute atomic E-state index is 0. The summed E-state index contributed by atoms with van der Waals surface area (Å²) in [4.78, 5) is 37.3. The number of likely N-dealkylation sites (tertiary alicyclic amines) is 1. The van der Waals surface area contributed by atoms with Gasteiger partial charge in [-0.25, -0.2) is 0 Å². The number of rotatable bonds is 4. The third-order valence-electron chi connectivity index (χ3n) is 12.6. The zero-order valence-electron chi connectivity index (χ0n) is 55.3. The number of hydrogen-bond acceptors (Lipinski definition) is 7. The molecule has 9 rings (SSSR count). The van der Waals surface area contributed by atoms with Crippen molar-refractivity contribution in [2.75, 3.05) is 25.0 Å². The number of hydrogen-bond donors (Lipinski definition) is 0. The van der Waals surface area contributed by atoms with Gasteiger partial charge in [-0.3, -0.25) is 4.90 Å². The number of alkyl halides is 1. The van der Waals surface area contributed by atoms with E-state index in [1.54, 1.807) is 11.3 Å². The third kappa shape index (κ3) is 92.6. The molecule has 5 aliphatic rings. The van der Waals surface area contributed by atoms with Gasteiger partial charge in [0.1, 0.15) is 0 Å². The van der Waals surface area contributed by atoms with Crippen LogP contribution in [0.1, 0.15) is 101 Å². The molecule has 54 radical (unpaired) electrons. The first kappa shape index (κ1) is 328. The molecule has 0 N–H and O–H groups in total. The van der Waals surface area contributed by atoms with Crippen LogP contribution in [0.5, 0.6) is 0 Å². The van der Waals surface area contributed by atoms with Crippen LogP contribution < -0.4 is 0 Å². The van der Waals surface area contributed by atoms with E-state index in [2.05, 4.69) is 125 Å². The normalized spacial score (nSPS) is 12.3. The quantitative estimate of drug-likeness (QED) is 0.149. The van der Waals surface area contributed by atoms with Gasteiger partial charge in [0.05, 0.1) is 28.8 Å². The maximum atomic E-state index is 9.86. The number of carbonyl (C=O) groups excluding carboxylic acids is 4. The van der Waals surface area contributed by atoms with E-state index in [9.17, 15) is 5.26 Å². The molecule has 2 fully saturated rings. The van der Waals surface area contributed by atoms with Crippen LogP contribution in [0.15, 0.2) is 60.7 Å². The summed E-state index contributed by atoms with van der Waals surface area (Å²) in [5, 5.41) is 13.6. The maximum absolute atomic E-state index is 9.86. The van der Waals surface area contributed by atoms with Crippen molar-refractivity contribution in [3.05, 3.63) is 83.2 Å². The molecule has 107 heavy (non-hydrogen) atoms. The number of piperidine rings is 2. The summed E-state index contributed by atoms with van der Waals surface area (Å²) >= 11 is 3.65. The van der Waals surface area contributed by atoms with E-state index in [1.807, 2.05) is 4.90 Å². The van der Waals surface area contributed by atoms with Crippen LogP contribution in [0.2, 0.25) is 0 Å². The zero-order valence-corrected chi connectivity index (χ0v) is 132. The molecule has 7 heterocycles. The summed E-state index contributed by atoms with van der Waals surface area (Å²) in [7, 11) is 0. The molecule has 2 aromatic carbocycles. The number of fused-ring (bicyclic) bond motifs is 8. The molecule has 0 unspecified atom stereocenters. The van der Waals surface area contributed by atoms with Gasteiger partial charge in [-0.05, 0) is 95.0 Å². The van der Waals surface area contributed by atoms with E-state index in [1.165, 1.54) is 89.7 Å². The van der Waals surface area contributed by atoms with Gasteiger partial charge >= 0.3 is 12.3 Å². The molecule has 2 aromatic heterocycles. The summed E-state index contributed by atoms with van der Waals surface area (Å²) in [5.41, 5.74) is 11.9. The molecule has 546 valence electrons. The van der Waals surface area contributed by atoms with Crippen molar-refractivity contribution >= 4 is 61.4 Å². The molecule has 2 saturated heterocycles. The first-order valence-corrected chi connectivity index (χ1v) is 20.0. The second-order valence-corrected chi connectivity index (χ2v) is 15.7. The molecule has 0 saturated carbocycles. The SMILES string of the molecule is CC[C@@]12C=C(C)n3c4c(c5ccccc53)CCN(CCC1)[C@H]42.CC[C@]12C=C(C)n3c(c(CCBr)c4ccccc43)[C@H]1N(C#N)CCC2.O=C=O.O=C=O.[V].[V].[V].[V].[V].[V].[V].[V].[V].[V].[V].[V].[V].[V].[V].[V].[V].[V].[V].[V].[V].[V].[V].[V].[V].[V].[V].[V].[V].[V].[V].[V].[V].[V].[V].[V].[V].[V].[V].[V].[V].[V].[V].[V].[V].[V].[V].[V].[V].[V].[V].[V].[V].[V]. The van der Waals surface area contributed by atoms with E-state index >= 15 is 0 Å². The van der Waals surface area contributed by atoms with Crippen LogP contribution in [-0.2, 0) is 1030 Å². The summed E-state index contributed by atoms with van der Waals surface area (Å²) < 4.78 is 4.99. The molecule has 0 bridgehead atoms. The van der Waals surface area contributed by atoms with Crippen LogP contribution in [0.25, 0.3) is 33.2 Å². The van der Waals surface area contributed by atoms with Crippen LogP contribution in [-0.4, -0.2) is 56.2 Å². The summed E-state index contributed by atoms with van der Waals surface area (Å²) in [5.74, 6) is 0. The average Bonchev–Trinajstić information content (AvgIpc) is 3.95. The predicted molar refractivity (Wildman–Crippen MR) is 208 cm³/mol. The van der Waals surface area contributed by atoms with Gasteiger partial charge in [0.15, 0.2) is 6.19 Å². The number of aryl methyl sites for hydroxylation is 1. The number of allylic oxidation sites excluding steroid dienone is 2. The average molecular weight is 3530 g/mol. The van der Waals surface area contributed by atoms with Gasteiger partial charge in [0.2, 0.25) is 0 Å². The van der Waals surface area contributed by atoms with E-state index in [4.69, 9.17) is 19.2 Å². The van der Waals surface area contributed by atoms with E-state index in [0.29, 0.717) is 11.5 Å². The Morgan fingerprint density at radius 1 is 0.383 bits per heavy atom. The fourth-order valence-corrected chi connectivity index (χ4v) is 11.1. The Balaban J connectivity index is -0.00000000846. The van der Waals surface area contributed by atoms with Crippen LogP contribution in [0.3, 0.4) is 0 Å². The molecule has 0 amide bonds. The van der Waals surface area contributed by atoms with Crippen LogP contribution in [0.4, 0.5) is 0 Å². The van der Waals surface area contributed by atoms with E-state index in [-0.39, 0.29) is 1030 Å². The van der Waals surface area contributed by atoms with Gasteiger partial charge in [0, 0.05) is 1060 Å². The molecule has 0 spiro atoms. The number of aromatic nitrogens is 2. The molecule has 5 aliphatic heterocycles. The van der Waals surface area contributed by atoms with Gasteiger partial charge in [-0.2, -0.15) is 24.4 Å². The van der Waals surface area contributed by atoms with Crippen molar-refractivity contribution in [3.63, 3.8) is 0 Å². The van der Waals surface area contributed by atoms with Gasteiger partial charge < -0.3 is 14.0 Å². The van der Waals surface area contributed by atoms with Crippen molar-refractivity contribution < 1.29 is 1020 Å². The number of nitriles is 1. The Morgan fingerprint density at radius 2 is 0.645 bits per heavy atom. The fraction of sp³-hybridized carbons (Fsp3) is 0.465. The Morgan fingerprint density at radius 3 is 0.935 bits per heavy atom. The minimum atomic E-state index is 0. The van der Waals surface area contributed by atoms with E-state index < -0.39 is 0 Å². The Kier molecular flexibility index (Phi) is 567. The zero-order chi connectivity index (χ0) is 37.9. The first-order chi connectivity index (χ1) is 25.7. The van der Waals surface area contributed by atoms with Gasteiger partial charge in [-0.1, -0.05) is 78.3 Å². The molecule has 64 heteroatoms. The standard InChI is InChI=1S/C21H24BrN3.C20H24N2.2CO2.54V/c1-3-21-10-6-12-24(14-23)20(21)19-17(9-11-22)16-7-4-5-8-18(16)25(19)15(2)13-21;1-3-20-10-6-11-21-12-9-16-15-7-4-5-8-17(15)22(14(2)13-20)18(16)19(20)21;2*2-1-3;;;;;;;;;;;;;;;;;;;;;;;;;;;;;;;;;;;;;;;;;;;;;;;;;;;;;;/h4-5,7-8,13,20H,3,6,9-12H2,1-2H3;4-5,7-8,13,19H,3,6,9-12H2,1-2H3;;;;;;;;;;;;;;;;;;;;;;;;;;;;;;;;;;;;;;;;;;;;;;;;;;;;;;;;/t20-,21+;19-,20+;;;;;;;;;;;;;;;;;;;;;;;;;;;;;;;;;;;;;;;;;;;;;;;;;;;;;;;;/m11......................................................../s1. The summed E-state index contributed by atoms with van der Waals surface area (Å²) in [6.07, 6.45) is 17.6. The Hall–Kier alpha value is 27.0. The van der Waals surface area contributed by atoms with Crippen molar-refractivity contribution in [1.82, 2.24) is 18.9 Å². The maximum Gasteiger partial charge on any atom is 0.373 e. The second-order valence-electron chi connectivity index (χ2n) is 14.9. The Bertz CT molecular complexity index is 2270. The molecule has 0 aliphatic carbocycles. The monoisotopic (exact) mass is 3530 g/mol. The van der Waals surface area contributed by atoms with Crippen molar-refractivity contribution in [3.8, 4) is 6.19 Å². The first-order valence-electron chi connectivity index (χ1n) is 18.8. The molecular formula is C43H48BrN5O4V54. The topological polar surface area (TPSA) is 108 Å². The number of benzene rings is 2.